The van der Waals surface area contributed by atoms with Gasteiger partial charge in [0.05, 0.1) is 12.2 Å². The smallest absolute Gasteiger partial charge is 0.191 e. The zero-order valence-electron chi connectivity index (χ0n) is 15.6. The van der Waals surface area contributed by atoms with Crippen molar-refractivity contribution in [1.29, 1.82) is 0 Å². The molecule has 0 atom stereocenters. The minimum absolute atomic E-state index is 0.250. The van der Waals surface area contributed by atoms with E-state index in [4.69, 9.17) is 4.52 Å². The Kier molecular flexibility index (Phi) is 5.11. The molecular formula is C20H28N4O. The van der Waals surface area contributed by atoms with Crippen LogP contribution in [-0.4, -0.2) is 24.7 Å². The Balaban J connectivity index is 1.55. The maximum atomic E-state index is 5.37. The molecule has 0 radical (unpaired) electrons. The third-order valence-electron chi connectivity index (χ3n) is 4.99. The van der Waals surface area contributed by atoms with Gasteiger partial charge in [-0.3, -0.25) is 4.99 Å². The zero-order chi connectivity index (χ0) is 17.9. The Hall–Kier alpha value is -2.30. The quantitative estimate of drug-likeness (QED) is 0.624. The number of aromatic nitrogens is 1. The molecule has 0 saturated heterocycles. The van der Waals surface area contributed by atoms with Gasteiger partial charge in [0.15, 0.2) is 11.7 Å². The second kappa shape index (κ2) is 7.30. The highest BCUT2D eigenvalue weighted by atomic mass is 16.5. The van der Waals surface area contributed by atoms with Crippen LogP contribution in [0, 0.1) is 6.92 Å². The first-order valence-corrected chi connectivity index (χ1v) is 9.00. The minimum Gasteiger partial charge on any atom is -0.359 e. The number of benzene rings is 1. The summed E-state index contributed by atoms with van der Waals surface area (Å²) in [5.41, 5.74) is 4.05. The molecule has 1 fully saturated rings. The molecule has 0 unspecified atom stereocenters. The van der Waals surface area contributed by atoms with Gasteiger partial charge in [0, 0.05) is 25.1 Å². The monoisotopic (exact) mass is 340 g/mol. The van der Waals surface area contributed by atoms with Crippen molar-refractivity contribution in [3.63, 3.8) is 0 Å². The van der Waals surface area contributed by atoms with Crippen LogP contribution in [0.15, 0.2) is 39.8 Å². The lowest BCUT2D eigenvalue weighted by Crippen LogP contribution is -2.41. The van der Waals surface area contributed by atoms with Crippen molar-refractivity contribution in [2.45, 2.75) is 51.5 Å². The third-order valence-corrected chi connectivity index (χ3v) is 4.99. The Morgan fingerprint density at radius 2 is 2.04 bits per heavy atom. The van der Waals surface area contributed by atoms with E-state index < -0.39 is 0 Å². The summed E-state index contributed by atoms with van der Waals surface area (Å²) in [7, 11) is 1.79. The molecule has 2 N–H and O–H groups in total. The van der Waals surface area contributed by atoms with Crippen molar-refractivity contribution < 1.29 is 4.52 Å². The van der Waals surface area contributed by atoms with Crippen molar-refractivity contribution in [2.75, 3.05) is 13.6 Å². The molecule has 1 aromatic carbocycles. The first kappa shape index (κ1) is 17.5. The molecule has 0 amide bonds. The van der Waals surface area contributed by atoms with E-state index in [0.717, 1.165) is 24.0 Å². The Labute approximate surface area is 149 Å². The molecule has 0 bridgehead atoms. The Bertz CT molecular complexity index is 744. The number of nitrogens with one attached hydrogen (secondary N) is 2. The predicted molar refractivity (Wildman–Crippen MR) is 101 cm³/mol. The van der Waals surface area contributed by atoms with Gasteiger partial charge in [0.25, 0.3) is 0 Å². The summed E-state index contributed by atoms with van der Waals surface area (Å²) < 4.78 is 5.37. The van der Waals surface area contributed by atoms with E-state index in [1.165, 1.54) is 24.0 Å². The van der Waals surface area contributed by atoms with Crippen LogP contribution in [0.5, 0.6) is 0 Å². The molecule has 1 heterocycles. The van der Waals surface area contributed by atoms with Crippen LogP contribution in [0.1, 0.15) is 55.2 Å². The van der Waals surface area contributed by atoms with Gasteiger partial charge in [-0.25, -0.2) is 0 Å². The lowest BCUT2D eigenvalue weighted by Gasteiger charge is -2.20. The minimum atomic E-state index is 0.250. The van der Waals surface area contributed by atoms with Crippen LogP contribution < -0.4 is 10.6 Å². The van der Waals surface area contributed by atoms with Crippen LogP contribution in [0.4, 0.5) is 0 Å². The maximum Gasteiger partial charge on any atom is 0.191 e. The highest BCUT2D eigenvalue weighted by Gasteiger charge is 2.44. The van der Waals surface area contributed by atoms with Gasteiger partial charge >= 0.3 is 0 Å². The van der Waals surface area contributed by atoms with Gasteiger partial charge in [-0.2, -0.15) is 0 Å². The second-order valence-electron chi connectivity index (χ2n) is 7.25. The largest absolute Gasteiger partial charge is 0.359 e. The number of aliphatic imine (C=N–C) groups is 1. The third kappa shape index (κ3) is 4.03. The van der Waals surface area contributed by atoms with Crippen LogP contribution in [0.2, 0.25) is 0 Å². The number of rotatable bonds is 6. The molecule has 1 aliphatic rings. The first-order chi connectivity index (χ1) is 12.0. The lowest BCUT2D eigenvalue weighted by molar-refractivity contribution is 0.372. The SMILES string of the molecule is CN=C(NCc1cc(C(C)C)no1)NCC1(c2ccccc2C)CC1. The summed E-state index contributed by atoms with van der Waals surface area (Å²) >= 11 is 0. The van der Waals surface area contributed by atoms with Crippen LogP contribution in [0.25, 0.3) is 0 Å². The van der Waals surface area contributed by atoms with Crippen LogP contribution >= 0.6 is 0 Å². The van der Waals surface area contributed by atoms with Crippen molar-refractivity contribution in [3.8, 4) is 0 Å². The normalized spacial score (nSPS) is 16.1. The molecular weight excluding hydrogens is 312 g/mol. The molecule has 0 spiro atoms. The summed E-state index contributed by atoms with van der Waals surface area (Å²) in [6.45, 7) is 7.88. The Morgan fingerprint density at radius 3 is 2.64 bits per heavy atom. The average Bonchev–Trinajstić information content (AvgIpc) is 3.23. The topological polar surface area (TPSA) is 62.5 Å². The summed E-state index contributed by atoms with van der Waals surface area (Å²) in [4.78, 5) is 4.32. The molecule has 1 saturated carbocycles. The van der Waals surface area contributed by atoms with Gasteiger partial charge in [-0.05, 0) is 36.8 Å². The van der Waals surface area contributed by atoms with Crippen LogP contribution in [-0.2, 0) is 12.0 Å². The molecule has 5 heteroatoms. The molecule has 5 nitrogen and oxygen atoms in total. The van der Waals surface area contributed by atoms with Crippen molar-refractivity contribution in [2.24, 2.45) is 4.99 Å². The molecule has 3 rings (SSSR count). The van der Waals surface area contributed by atoms with Crippen LogP contribution in [0.3, 0.4) is 0 Å². The van der Waals surface area contributed by atoms with E-state index in [1.807, 2.05) is 6.07 Å². The second-order valence-corrected chi connectivity index (χ2v) is 7.25. The number of nitrogens with zero attached hydrogens (tertiary/aromatic N) is 2. The van der Waals surface area contributed by atoms with Crippen molar-refractivity contribution in [3.05, 3.63) is 52.9 Å². The molecule has 25 heavy (non-hydrogen) atoms. The van der Waals surface area contributed by atoms with Gasteiger partial charge in [-0.15, -0.1) is 0 Å². The highest BCUT2D eigenvalue weighted by Crippen LogP contribution is 2.48. The summed E-state index contributed by atoms with van der Waals surface area (Å²) in [6, 6.07) is 10.7. The van der Waals surface area contributed by atoms with E-state index in [2.05, 4.69) is 65.8 Å². The fourth-order valence-corrected chi connectivity index (χ4v) is 3.19. The van der Waals surface area contributed by atoms with Crippen molar-refractivity contribution >= 4 is 5.96 Å². The predicted octanol–water partition coefficient (Wildman–Crippen LogP) is 3.50. The van der Waals surface area contributed by atoms with Crippen molar-refractivity contribution in [1.82, 2.24) is 15.8 Å². The highest BCUT2D eigenvalue weighted by molar-refractivity contribution is 5.79. The van der Waals surface area contributed by atoms with E-state index in [-0.39, 0.29) is 5.41 Å². The summed E-state index contributed by atoms with van der Waals surface area (Å²) in [6.07, 6.45) is 2.45. The van der Waals surface area contributed by atoms with E-state index in [0.29, 0.717) is 12.5 Å². The van der Waals surface area contributed by atoms with Gasteiger partial charge in [0.2, 0.25) is 0 Å². The Morgan fingerprint density at radius 1 is 1.28 bits per heavy atom. The molecule has 0 aliphatic heterocycles. The van der Waals surface area contributed by atoms with E-state index >= 15 is 0 Å². The fraction of sp³-hybridized carbons (Fsp3) is 0.500. The number of aryl methyl sites for hydroxylation is 1. The van der Waals surface area contributed by atoms with E-state index in [9.17, 15) is 0 Å². The fourth-order valence-electron chi connectivity index (χ4n) is 3.19. The molecule has 1 aliphatic carbocycles. The van der Waals surface area contributed by atoms with Gasteiger partial charge in [-0.1, -0.05) is 43.3 Å². The van der Waals surface area contributed by atoms with Gasteiger partial charge in [0.1, 0.15) is 0 Å². The zero-order valence-corrected chi connectivity index (χ0v) is 15.6. The molecule has 2 aromatic rings. The summed E-state index contributed by atoms with van der Waals surface area (Å²) in [5.74, 6) is 1.99. The number of guanidine groups is 1. The number of hydrogen-bond donors (Lipinski definition) is 2. The summed E-state index contributed by atoms with van der Waals surface area (Å²) in [5, 5.41) is 10.9. The molecule has 1 aromatic heterocycles. The standard InChI is InChI=1S/C20H28N4O/c1-14(2)18-11-16(25-24-18)12-22-19(21-4)23-13-20(9-10-20)17-8-6-5-7-15(17)3/h5-8,11,14H,9-10,12-13H2,1-4H3,(H2,21,22,23). The van der Waals surface area contributed by atoms with E-state index in [1.54, 1.807) is 7.05 Å². The first-order valence-electron chi connectivity index (χ1n) is 9.00. The maximum absolute atomic E-state index is 5.37. The van der Waals surface area contributed by atoms with Gasteiger partial charge < -0.3 is 15.2 Å². The number of hydrogen-bond acceptors (Lipinski definition) is 3. The molecule has 134 valence electrons. The lowest BCUT2D eigenvalue weighted by atomic mass is 9.92. The average molecular weight is 340 g/mol.